The average molecular weight is 307 g/mol. The van der Waals surface area contributed by atoms with Gasteiger partial charge in [-0.2, -0.15) is 0 Å². The number of benzene rings is 1. The molecule has 0 aliphatic carbocycles. The van der Waals surface area contributed by atoms with E-state index >= 15 is 0 Å². The Balaban J connectivity index is 3.10. The lowest BCUT2D eigenvalue weighted by atomic mass is 10.2. The van der Waals surface area contributed by atoms with Gasteiger partial charge in [0.15, 0.2) is 0 Å². The molecule has 1 aromatic carbocycles. The summed E-state index contributed by atoms with van der Waals surface area (Å²) in [4.78, 5) is 0. The van der Waals surface area contributed by atoms with Crippen LogP contribution in [0.5, 0.6) is 0 Å². The van der Waals surface area contributed by atoms with E-state index in [9.17, 15) is 8.42 Å². The van der Waals surface area contributed by atoms with E-state index in [1.165, 1.54) is 4.31 Å². The topological polar surface area (TPSA) is 63.4 Å². The molecule has 0 bridgehead atoms. The average Bonchev–Trinajstić information content (AvgIpc) is 2.16. The Bertz CT molecular complexity index is 474. The Hall–Kier alpha value is -0.590. The molecular weight excluding hydrogens is 292 g/mol. The number of aryl methyl sites for hydroxylation is 1. The van der Waals surface area contributed by atoms with Crippen LogP contribution in [0.15, 0.2) is 22.7 Å². The summed E-state index contributed by atoms with van der Waals surface area (Å²) in [5.41, 5.74) is 6.86. The first kappa shape index (κ1) is 13.5. The third kappa shape index (κ3) is 2.96. The van der Waals surface area contributed by atoms with Crippen molar-refractivity contribution in [1.82, 2.24) is 0 Å². The summed E-state index contributed by atoms with van der Waals surface area (Å²) < 4.78 is 25.8. The lowest BCUT2D eigenvalue weighted by Crippen LogP contribution is -2.32. The van der Waals surface area contributed by atoms with Crippen molar-refractivity contribution in [1.29, 1.82) is 0 Å². The van der Waals surface area contributed by atoms with Gasteiger partial charge in [-0.1, -0.05) is 15.9 Å². The van der Waals surface area contributed by atoms with Crippen molar-refractivity contribution in [2.24, 2.45) is 5.73 Å². The van der Waals surface area contributed by atoms with Crippen molar-refractivity contribution in [3.63, 3.8) is 0 Å². The van der Waals surface area contributed by atoms with Gasteiger partial charge in [-0.25, -0.2) is 8.42 Å². The first-order valence-corrected chi connectivity index (χ1v) is 7.21. The highest BCUT2D eigenvalue weighted by Gasteiger charge is 2.18. The molecule has 0 atom stereocenters. The van der Waals surface area contributed by atoms with Gasteiger partial charge in [0.1, 0.15) is 0 Å². The summed E-state index contributed by atoms with van der Waals surface area (Å²) in [6, 6.07) is 5.47. The van der Waals surface area contributed by atoms with Gasteiger partial charge in [-0.3, -0.25) is 4.31 Å². The van der Waals surface area contributed by atoms with Crippen LogP contribution in [0.25, 0.3) is 0 Å². The number of nitrogens with two attached hydrogens (primary N) is 1. The van der Waals surface area contributed by atoms with Crippen molar-refractivity contribution in [2.75, 3.05) is 23.7 Å². The summed E-state index contributed by atoms with van der Waals surface area (Å²) in [5, 5.41) is 0. The molecule has 16 heavy (non-hydrogen) atoms. The summed E-state index contributed by atoms with van der Waals surface area (Å²) in [5.74, 6) is -0.0427. The monoisotopic (exact) mass is 306 g/mol. The Morgan fingerprint density at radius 1 is 1.44 bits per heavy atom. The predicted molar refractivity (Wildman–Crippen MR) is 70.1 cm³/mol. The molecule has 90 valence electrons. The van der Waals surface area contributed by atoms with E-state index in [0.29, 0.717) is 5.69 Å². The maximum atomic E-state index is 11.8. The van der Waals surface area contributed by atoms with Gasteiger partial charge < -0.3 is 5.73 Å². The molecule has 4 nitrogen and oxygen atoms in total. The van der Waals surface area contributed by atoms with Crippen molar-refractivity contribution >= 4 is 31.6 Å². The predicted octanol–water partition coefficient (Wildman–Crippen LogP) is 1.48. The molecular formula is C10H15BrN2O2S. The molecule has 0 radical (unpaired) electrons. The van der Waals surface area contributed by atoms with Gasteiger partial charge in [0.05, 0.1) is 11.4 Å². The Morgan fingerprint density at radius 3 is 2.56 bits per heavy atom. The van der Waals surface area contributed by atoms with Gasteiger partial charge in [0.2, 0.25) is 10.0 Å². The van der Waals surface area contributed by atoms with E-state index in [1.54, 1.807) is 13.1 Å². The SMILES string of the molecule is Cc1cc(Br)ccc1N(C)S(=O)(=O)CCN. The first-order chi connectivity index (χ1) is 7.38. The molecule has 0 fully saturated rings. The van der Waals surface area contributed by atoms with Crippen LogP contribution in [0.3, 0.4) is 0 Å². The lowest BCUT2D eigenvalue weighted by molar-refractivity contribution is 0.594. The fourth-order valence-electron chi connectivity index (χ4n) is 1.41. The summed E-state index contributed by atoms with van der Waals surface area (Å²) >= 11 is 3.34. The molecule has 1 rings (SSSR count). The van der Waals surface area contributed by atoms with E-state index < -0.39 is 10.0 Å². The molecule has 0 spiro atoms. The third-order valence-corrected chi connectivity index (χ3v) is 4.57. The zero-order valence-corrected chi connectivity index (χ0v) is 11.7. The van der Waals surface area contributed by atoms with Gasteiger partial charge in [-0.05, 0) is 30.7 Å². The van der Waals surface area contributed by atoms with Gasteiger partial charge in [0.25, 0.3) is 0 Å². The summed E-state index contributed by atoms with van der Waals surface area (Å²) in [7, 11) is -1.76. The van der Waals surface area contributed by atoms with Crippen molar-refractivity contribution in [3.8, 4) is 0 Å². The number of hydrogen-bond acceptors (Lipinski definition) is 3. The highest BCUT2D eigenvalue weighted by molar-refractivity contribution is 9.10. The van der Waals surface area contributed by atoms with Crippen molar-refractivity contribution in [3.05, 3.63) is 28.2 Å². The van der Waals surface area contributed by atoms with Crippen LogP contribution in [-0.4, -0.2) is 27.8 Å². The van der Waals surface area contributed by atoms with Gasteiger partial charge in [-0.15, -0.1) is 0 Å². The van der Waals surface area contributed by atoms with Crippen LogP contribution >= 0.6 is 15.9 Å². The van der Waals surface area contributed by atoms with Crippen LogP contribution in [-0.2, 0) is 10.0 Å². The zero-order chi connectivity index (χ0) is 12.3. The quantitative estimate of drug-likeness (QED) is 0.916. The fourth-order valence-corrected chi connectivity index (χ4v) is 2.96. The second kappa shape index (κ2) is 5.16. The Morgan fingerprint density at radius 2 is 2.06 bits per heavy atom. The largest absolute Gasteiger partial charge is 0.329 e. The second-order valence-corrected chi connectivity index (χ2v) is 6.54. The van der Waals surface area contributed by atoms with Crippen LogP contribution in [0.4, 0.5) is 5.69 Å². The zero-order valence-electron chi connectivity index (χ0n) is 9.27. The minimum Gasteiger partial charge on any atom is -0.329 e. The number of anilines is 1. The molecule has 0 unspecified atom stereocenters. The maximum absolute atomic E-state index is 11.8. The first-order valence-electron chi connectivity index (χ1n) is 4.81. The highest BCUT2D eigenvalue weighted by atomic mass is 79.9. The van der Waals surface area contributed by atoms with E-state index in [0.717, 1.165) is 10.0 Å². The maximum Gasteiger partial charge on any atom is 0.236 e. The Kier molecular flexibility index (Phi) is 4.35. The molecule has 0 saturated heterocycles. The fraction of sp³-hybridized carbons (Fsp3) is 0.400. The van der Waals surface area contributed by atoms with Crippen molar-refractivity contribution in [2.45, 2.75) is 6.92 Å². The van der Waals surface area contributed by atoms with E-state index in [-0.39, 0.29) is 12.3 Å². The highest BCUT2D eigenvalue weighted by Crippen LogP contribution is 2.24. The Labute approximate surface area is 105 Å². The minimum absolute atomic E-state index is 0.0427. The van der Waals surface area contributed by atoms with Crippen LogP contribution in [0, 0.1) is 6.92 Å². The molecule has 0 aromatic heterocycles. The molecule has 0 saturated carbocycles. The summed E-state index contributed by atoms with van der Waals surface area (Å²) in [6.07, 6.45) is 0. The number of hydrogen-bond donors (Lipinski definition) is 1. The minimum atomic E-state index is -3.31. The van der Waals surface area contributed by atoms with E-state index in [4.69, 9.17) is 5.73 Å². The molecule has 0 aliphatic rings. The number of sulfonamides is 1. The normalized spacial score (nSPS) is 11.5. The van der Waals surface area contributed by atoms with E-state index in [1.807, 2.05) is 19.1 Å². The number of nitrogens with zero attached hydrogens (tertiary/aromatic N) is 1. The molecule has 6 heteroatoms. The van der Waals surface area contributed by atoms with Gasteiger partial charge >= 0.3 is 0 Å². The third-order valence-electron chi connectivity index (χ3n) is 2.29. The standard InChI is InChI=1S/C10H15BrN2O2S/c1-8-7-9(11)3-4-10(8)13(2)16(14,15)6-5-12/h3-4,7H,5-6,12H2,1-2H3. The van der Waals surface area contributed by atoms with Crippen LogP contribution in [0.1, 0.15) is 5.56 Å². The molecule has 0 heterocycles. The van der Waals surface area contributed by atoms with Gasteiger partial charge in [0, 0.05) is 18.1 Å². The second-order valence-electron chi connectivity index (χ2n) is 3.50. The van der Waals surface area contributed by atoms with Crippen LogP contribution < -0.4 is 10.0 Å². The molecule has 0 aliphatic heterocycles. The van der Waals surface area contributed by atoms with Crippen LogP contribution in [0.2, 0.25) is 0 Å². The molecule has 2 N–H and O–H groups in total. The smallest absolute Gasteiger partial charge is 0.236 e. The number of halogens is 1. The molecule has 1 aromatic rings. The number of rotatable bonds is 4. The summed E-state index contributed by atoms with van der Waals surface area (Å²) in [6.45, 7) is 2.00. The molecule has 0 amide bonds. The van der Waals surface area contributed by atoms with E-state index in [2.05, 4.69) is 15.9 Å². The van der Waals surface area contributed by atoms with Crippen molar-refractivity contribution < 1.29 is 8.42 Å². The lowest BCUT2D eigenvalue weighted by Gasteiger charge is -2.21.